The summed E-state index contributed by atoms with van der Waals surface area (Å²) in [4.78, 5) is 16.2. The highest BCUT2D eigenvalue weighted by molar-refractivity contribution is 5.71. The van der Waals surface area contributed by atoms with Gasteiger partial charge in [-0.15, -0.1) is 10.2 Å². The SMILES string of the molecule is CC(C)C(C(=O)O)[C@H](Cc1cccc(NCCO)n1)c1nn[nH]n1. The standard InChI is InChI=1S/C15H22N6O3/c1-9(2)13(15(23)24)11(14-18-20-21-19-14)8-10-4-3-5-12(17-10)16-6-7-22/h3-5,9,11,13,22H,6-8H2,1-2H3,(H,16,17)(H,23,24)(H,18,19,20,21)/t11-,13?/m0/s1. The second-order valence-corrected chi connectivity index (χ2v) is 5.85. The van der Waals surface area contributed by atoms with Gasteiger partial charge in [-0.3, -0.25) is 4.79 Å². The van der Waals surface area contributed by atoms with E-state index in [1.807, 2.05) is 26.0 Å². The fourth-order valence-corrected chi connectivity index (χ4v) is 2.73. The second-order valence-electron chi connectivity index (χ2n) is 5.85. The Kier molecular flexibility index (Phi) is 6.19. The van der Waals surface area contributed by atoms with Gasteiger partial charge in [-0.1, -0.05) is 25.1 Å². The zero-order valence-corrected chi connectivity index (χ0v) is 13.7. The van der Waals surface area contributed by atoms with E-state index in [-0.39, 0.29) is 12.5 Å². The molecule has 9 heteroatoms. The third-order valence-electron chi connectivity index (χ3n) is 3.78. The number of carboxylic acid groups (broad SMARTS) is 1. The van der Waals surface area contributed by atoms with Crippen LogP contribution >= 0.6 is 0 Å². The predicted octanol–water partition coefficient (Wildman–Crippen LogP) is 0.682. The average molecular weight is 334 g/mol. The lowest BCUT2D eigenvalue weighted by molar-refractivity contribution is -0.144. The van der Waals surface area contributed by atoms with Crippen LogP contribution in [-0.4, -0.2) is 54.9 Å². The number of carboxylic acids is 1. The minimum atomic E-state index is -0.894. The number of carbonyl (C=O) groups is 1. The number of aromatic amines is 1. The van der Waals surface area contributed by atoms with Crippen molar-refractivity contribution in [3.05, 3.63) is 29.7 Å². The van der Waals surface area contributed by atoms with Crippen LogP contribution in [0, 0.1) is 11.8 Å². The van der Waals surface area contributed by atoms with Crippen LogP contribution in [0.2, 0.25) is 0 Å². The molecule has 0 saturated carbocycles. The topological polar surface area (TPSA) is 137 Å². The Morgan fingerprint density at radius 3 is 2.75 bits per heavy atom. The van der Waals surface area contributed by atoms with Crippen LogP contribution in [0.4, 0.5) is 5.82 Å². The lowest BCUT2D eigenvalue weighted by Crippen LogP contribution is -2.29. The van der Waals surface area contributed by atoms with Gasteiger partial charge in [-0.25, -0.2) is 4.98 Å². The van der Waals surface area contributed by atoms with Gasteiger partial charge in [0.1, 0.15) is 5.82 Å². The Morgan fingerprint density at radius 2 is 2.17 bits per heavy atom. The molecule has 0 aliphatic heterocycles. The van der Waals surface area contributed by atoms with Crippen molar-refractivity contribution < 1.29 is 15.0 Å². The van der Waals surface area contributed by atoms with E-state index in [2.05, 4.69) is 30.9 Å². The van der Waals surface area contributed by atoms with E-state index in [0.717, 1.165) is 5.69 Å². The Labute approximate surface area is 139 Å². The molecule has 4 N–H and O–H groups in total. The summed E-state index contributed by atoms with van der Waals surface area (Å²) < 4.78 is 0. The van der Waals surface area contributed by atoms with E-state index in [9.17, 15) is 9.90 Å². The molecule has 0 amide bonds. The van der Waals surface area contributed by atoms with Gasteiger partial charge in [-0.2, -0.15) is 5.21 Å². The highest BCUT2D eigenvalue weighted by atomic mass is 16.4. The van der Waals surface area contributed by atoms with Crippen molar-refractivity contribution in [2.75, 3.05) is 18.5 Å². The van der Waals surface area contributed by atoms with Crippen LogP contribution in [0.15, 0.2) is 18.2 Å². The number of tetrazole rings is 1. The Morgan fingerprint density at radius 1 is 1.38 bits per heavy atom. The summed E-state index contributed by atoms with van der Waals surface area (Å²) in [6.45, 7) is 4.12. The van der Waals surface area contributed by atoms with E-state index in [0.29, 0.717) is 24.6 Å². The van der Waals surface area contributed by atoms with Gasteiger partial charge in [-0.05, 0) is 18.1 Å². The van der Waals surface area contributed by atoms with Gasteiger partial charge in [0.2, 0.25) is 0 Å². The van der Waals surface area contributed by atoms with Crippen LogP contribution < -0.4 is 5.32 Å². The van der Waals surface area contributed by atoms with Gasteiger partial charge < -0.3 is 15.5 Å². The summed E-state index contributed by atoms with van der Waals surface area (Å²) >= 11 is 0. The number of aliphatic hydroxyl groups is 1. The van der Waals surface area contributed by atoms with Crippen molar-refractivity contribution in [2.45, 2.75) is 26.2 Å². The molecule has 9 nitrogen and oxygen atoms in total. The fourth-order valence-electron chi connectivity index (χ4n) is 2.73. The monoisotopic (exact) mass is 334 g/mol. The number of hydrogen-bond acceptors (Lipinski definition) is 7. The van der Waals surface area contributed by atoms with Crippen molar-refractivity contribution in [2.24, 2.45) is 11.8 Å². The lowest BCUT2D eigenvalue weighted by atomic mass is 9.80. The maximum atomic E-state index is 11.7. The minimum absolute atomic E-state index is 0.00578. The van der Waals surface area contributed by atoms with Gasteiger partial charge in [0, 0.05) is 24.6 Å². The van der Waals surface area contributed by atoms with E-state index >= 15 is 0 Å². The van der Waals surface area contributed by atoms with E-state index in [4.69, 9.17) is 5.11 Å². The number of pyridine rings is 1. The number of nitrogens with zero attached hydrogens (tertiary/aromatic N) is 4. The summed E-state index contributed by atoms with van der Waals surface area (Å²) in [5.74, 6) is -1.09. The number of aliphatic hydroxyl groups excluding tert-OH is 1. The molecule has 0 aliphatic rings. The molecule has 2 aromatic rings. The van der Waals surface area contributed by atoms with Crippen molar-refractivity contribution in [3.8, 4) is 0 Å². The molecule has 1 unspecified atom stereocenters. The van der Waals surface area contributed by atoms with Crippen molar-refractivity contribution >= 4 is 11.8 Å². The van der Waals surface area contributed by atoms with Crippen LogP contribution in [0.25, 0.3) is 0 Å². The predicted molar refractivity (Wildman–Crippen MR) is 86.4 cm³/mol. The maximum Gasteiger partial charge on any atom is 0.307 e. The second kappa shape index (κ2) is 8.34. The summed E-state index contributed by atoms with van der Waals surface area (Å²) in [6, 6.07) is 5.45. The lowest BCUT2D eigenvalue weighted by Gasteiger charge is -2.24. The Bertz CT molecular complexity index is 646. The number of H-pyrrole nitrogens is 1. The Hall–Kier alpha value is -2.55. The highest BCUT2D eigenvalue weighted by Gasteiger charge is 2.35. The first kappa shape index (κ1) is 17.8. The van der Waals surface area contributed by atoms with Gasteiger partial charge in [0.25, 0.3) is 0 Å². The normalized spacial score (nSPS) is 13.7. The first-order valence-corrected chi connectivity index (χ1v) is 7.79. The van der Waals surface area contributed by atoms with E-state index in [1.54, 1.807) is 6.07 Å². The van der Waals surface area contributed by atoms with Crippen molar-refractivity contribution in [3.63, 3.8) is 0 Å². The smallest absolute Gasteiger partial charge is 0.307 e. The molecular formula is C15H22N6O3. The quantitative estimate of drug-likeness (QED) is 0.525. The Balaban J connectivity index is 2.27. The van der Waals surface area contributed by atoms with Crippen molar-refractivity contribution in [1.29, 1.82) is 0 Å². The molecule has 0 saturated heterocycles. The number of hydrogen-bond donors (Lipinski definition) is 4. The third-order valence-corrected chi connectivity index (χ3v) is 3.78. The fraction of sp³-hybridized carbons (Fsp3) is 0.533. The van der Waals surface area contributed by atoms with Gasteiger partial charge >= 0.3 is 5.97 Å². The third kappa shape index (κ3) is 4.48. The average Bonchev–Trinajstić information content (AvgIpc) is 3.06. The van der Waals surface area contributed by atoms with Crippen LogP contribution in [-0.2, 0) is 11.2 Å². The minimum Gasteiger partial charge on any atom is -0.481 e. The summed E-state index contributed by atoms with van der Waals surface area (Å²) in [5.41, 5.74) is 0.722. The van der Waals surface area contributed by atoms with E-state index < -0.39 is 17.8 Å². The largest absolute Gasteiger partial charge is 0.481 e. The molecule has 0 fully saturated rings. The first-order valence-electron chi connectivity index (χ1n) is 7.79. The molecule has 0 spiro atoms. The molecule has 24 heavy (non-hydrogen) atoms. The number of rotatable bonds is 9. The summed E-state index contributed by atoms with van der Waals surface area (Å²) in [7, 11) is 0. The molecule has 0 aromatic carbocycles. The molecule has 0 bridgehead atoms. The summed E-state index contributed by atoms with van der Waals surface area (Å²) in [6.07, 6.45) is 0.378. The molecule has 2 aromatic heterocycles. The number of nitrogens with one attached hydrogen (secondary N) is 2. The first-order chi connectivity index (χ1) is 11.5. The molecule has 0 radical (unpaired) electrons. The molecule has 0 aliphatic carbocycles. The molecule has 2 rings (SSSR count). The van der Waals surface area contributed by atoms with E-state index in [1.165, 1.54) is 0 Å². The maximum absolute atomic E-state index is 11.7. The van der Waals surface area contributed by atoms with Crippen LogP contribution in [0.3, 0.4) is 0 Å². The molecule has 2 heterocycles. The highest BCUT2D eigenvalue weighted by Crippen LogP contribution is 2.31. The van der Waals surface area contributed by atoms with Crippen LogP contribution in [0.5, 0.6) is 0 Å². The number of anilines is 1. The number of aliphatic carboxylic acids is 1. The molecular weight excluding hydrogens is 312 g/mol. The molecule has 130 valence electrons. The molecule has 2 atom stereocenters. The van der Waals surface area contributed by atoms with Gasteiger partial charge in [0.05, 0.1) is 12.5 Å². The zero-order valence-electron chi connectivity index (χ0n) is 13.7. The zero-order chi connectivity index (χ0) is 17.5. The van der Waals surface area contributed by atoms with Crippen LogP contribution in [0.1, 0.15) is 31.3 Å². The summed E-state index contributed by atoms with van der Waals surface area (Å²) in [5, 5.41) is 35.4. The van der Waals surface area contributed by atoms with Crippen molar-refractivity contribution in [1.82, 2.24) is 25.6 Å². The van der Waals surface area contributed by atoms with Gasteiger partial charge in [0.15, 0.2) is 5.82 Å². The number of aromatic nitrogens is 5.